The van der Waals surface area contributed by atoms with Crippen LogP contribution in [0, 0.1) is 12.8 Å². The summed E-state index contributed by atoms with van der Waals surface area (Å²) in [5, 5.41) is 3.12. The first-order valence-corrected chi connectivity index (χ1v) is 8.37. The zero-order valence-corrected chi connectivity index (χ0v) is 15.0. The van der Waals surface area contributed by atoms with Crippen LogP contribution in [-0.4, -0.2) is 27.0 Å². The summed E-state index contributed by atoms with van der Waals surface area (Å²) in [5.41, 5.74) is 1.88. The normalized spacial score (nSPS) is 12.0. The molecule has 0 aliphatic heterocycles. The van der Waals surface area contributed by atoms with Gasteiger partial charge in [-0.3, -0.25) is 0 Å². The molecule has 0 unspecified atom stereocenters. The molecule has 2 rings (SSSR count). The minimum Gasteiger partial charge on any atom is -0.459 e. The van der Waals surface area contributed by atoms with E-state index in [0.717, 1.165) is 17.1 Å². The summed E-state index contributed by atoms with van der Waals surface area (Å²) >= 11 is 5.37. The molecule has 0 aliphatic rings. The van der Waals surface area contributed by atoms with Gasteiger partial charge in [0.15, 0.2) is 0 Å². The fourth-order valence-corrected chi connectivity index (χ4v) is 2.56. The summed E-state index contributed by atoms with van der Waals surface area (Å²) in [6, 6.07) is 9.16. The Morgan fingerprint density at radius 1 is 1.33 bits per heavy atom. The summed E-state index contributed by atoms with van der Waals surface area (Å²) in [7, 11) is 0. The fraction of sp³-hybridized carbons (Fsp3) is 0.389. The molecule has 0 bridgehead atoms. The lowest BCUT2D eigenvalue weighted by atomic mass is 10.0. The number of aromatic amines is 1. The zero-order valence-electron chi connectivity index (χ0n) is 14.2. The average molecular weight is 345 g/mol. The van der Waals surface area contributed by atoms with Crippen LogP contribution < -0.4 is 5.32 Å². The molecule has 0 saturated heterocycles. The van der Waals surface area contributed by atoms with Crippen molar-refractivity contribution < 1.29 is 9.53 Å². The maximum Gasteiger partial charge on any atom is 0.329 e. The Hall–Kier alpha value is -2.21. The van der Waals surface area contributed by atoms with Crippen LogP contribution in [0.15, 0.2) is 36.5 Å². The molecule has 0 spiro atoms. The summed E-state index contributed by atoms with van der Waals surface area (Å²) in [6.07, 6.45) is 2.27. The quantitative estimate of drug-likeness (QED) is 0.596. The van der Waals surface area contributed by atoms with Gasteiger partial charge in [0.2, 0.25) is 0 Å². The van der Waals surface area contributed by atoms with Crippen molar-refractivity contribution in [2.24, 2.45) is 5.92 Å². The number of rotatable bonds is 7. The monoisotopic (exact) mass is 345 g/mol. The smallest absolute Gasteiger partial charge is 0.329 e. The molecule has 0 aliphatic carbocycles. The summed E-state index contributed by atoms with van der Waals surface area (Å²) in [4.78, 5) is 20.3. The third-order valence-corrected chi connectivity index (χ3v) is 3.83. The number of thiocarbonyl (C=S) groups is 1. The van der Waals surface area contributed by atoms with E-state index in [1.807, 2.05) is 51.1 Å². The van der Waals surface area contributed by atoms with Crippen LogP contribution in [0.2, 0.25) is 0 Å². The van der Waals surface area contributed by atoms with Gasteiger partial charge in [-0.2, -0.15) is 0 Å². The minimum absolute atomic E-state index is 0.0646. The summed E-state index contributed by atoms with van der Waals surface area (Å²) in [6.45, 7) is 6.07. The van der Waals surface area contributed by atoms with Crippen molar-refractivity contribution in [2.45, 2.75) is 39.8 Å². The SMILES string of the molecule is Cc1ncc(CC(=S)N[C@H](C(=O)OCc2ccccc2)C(C)C)[nH]1. The predicted octanol–water partition coefficient (Wildman–Crippen LogP) is 2.95. The van der Waals surface area contributed by atoms with E-state index in [2.05, 4.69) is 15.3 Å². The van der Waals surface area contributed by atoms with Gasteiger partial charge >= 0.3 is 5.97 Å². The van der Waals surface area contributed by atoms with Crippen LogP contribution in [0.25, 0.3) is 0 Å². The number of aryl methyl sites for hydroxylation is 1. The maximum atomic E-state index is 12.4. The van der Waals surface area contributed by atoms with E-state index in [1.54, 1.807) is 6.20 Å². The second kappa shape index (κ2) is 8.59. The molecule has 6 heteroatoms. The number of ether oxygens (including phenoxy) is 1. The number of hydrogen-bond acceptors (Lipinski definition) is 4. The first kappa shape index (κ1) is 18.1. The van der Waals surface area contributed by atoms with Crippen molar-refractivity contribution >= 4 is 23.2 Å². The lowest BCUT2D eigenvalue weighted by molar-refractivity contribution is -0.148. The van der Waals surface area contributed by atoms with Gasteiger partial charge in [-0.05, 0) is 18.4 Å². The molecule has 0 saturated carbocycles. The van der Waals surface area contributed by atoms with E-state index in [1.165, 1.54) is 0 Å². The largest absolute Gasteiger partial charge is 0.459 e. The van der Waals surface area contributed by atoms with Crippen molar-refractivity contribution in [1.82, 2.24) is 15.3 Å². The lowest BCUT2D eigenvalue weighted by Crippen LogP contribution is -2.45. The Bertz CT molecular complexity index is 683. The van der Waals surface area contributed by atoms with Crippen molar-refractivity contribution in [3.05, 3.63) is 53.6 Å². The predicted molar refractivity (Wildman–Crippen MR) is 97.6 cm³/mol. The Labute approximate surface area is 147 Å². The van der Waals surface area contributed by atoms with Crippen LogP contribution in [0.5, 0.6) is 0 Å². The second-order valence-corrected chi connectivity index (χ2v) is 6.55. The molecule has 128 valence electrons. The maximum absolute atomic E-state index is 12.4. The molecule has 0 radical (unpaired) electrons. The van der Waals surface area contributed by atoms with E-state index in [4.69, 9.17) is 17.0 Å². The number of esters is 1. The Morgan fingerprint density at radius 2 is 2.04 bits per heavy atom. The number of carbonyl (C=O) groups is 1. The lowest BCUT2D eigenvalue weighted by Gasteiger charge is -2.22. The summed E-state index contributed by atoms with van der Waals surface area (Å²) < 4.78 is 5.43. The van der Waals surface area contributed by atoms with E-state index < -0.39 is 6.04 Å². The molecule has 0 amide bonds. The van der Waals surface area contributed by atoms with E-state index in [-0.39, 0.29) is 18.5 Å². The number of nitrogens with one attached hydrogen (secondary N) is 2. The van der Waals surface area contributed by atoms with Crippen molar-refractivity contribution in [1.29, 1.82) is 0 Å². The number of H-pyrrole nitrogens is 1. The highest BCUT2D eigenvalue weighted by atomic mass is 32.1. The molecule has 5 nitrogen and oxygen atoms in total. The number of hydrogen-bond donors (Lipinski definition) is 2. The fourth-order valence-electron chi connectivity index (χ4n) is 2.28. The van der Waals surface area contributed by atoms with E-state index >= 15 is 0 Å². The zero-order chi connectivity index (χ0) is 17.5. The highest BCUT2D eigenvalue weighted by Gasteiger charge is 2.24. The first-order chi connectivity index (χ1) is 11.5. The molecule has 2 aromatic rings. The molecule has 1 atom stereocenters. The van der Waals surface area contributed by atoms with Gasteiger partial charge in [0, 0.05) is 18.3 Å². The molecular formula is C18H23N3O2S. The van der Waals surface area contributed by atoms with Crippen molar-refractivity contribution in [2.75, 3.05) is 0 Å². The van der Waals surface area contributed by atoms with Crippen LogP contribution >= 0.6 is 12.2 Å². The van der Waals surface area contributed by atoms with E-state index in [0.29, 0.717) is 11.4 Å². The highest BCUT2D eigenvalue weighted by Crippen LogP contribution is 2.08. The van der Waals surface area contributed by atoms with Gasteiger partial charge < -0.3 is 15.0 Å². The van der Waals surface area contributed by atoms with Crippen LogP contribution in [0.1, 0.15) is 30.9 Å². The van der Waals surface area contributed by atoms with Gasteiger partial charge in [-0.1, -0.05) is 56.4 Å². The minimum atomic E-state index is -0.467. The van der Waals surface area contributed by atoms with Gasteiger partial charge in [-0.15, -0.1) is 0 Å². The standard InChI is InChI=1S/C18H23N3O2S/c1-12(2)17(18(22)23-11-14-7-5-4-6-8-14)21-16(24)9-15-10-19-13(3)20-15/h4-8,10,12,17H,9,11H2,1-3H3,(H,19,20)(H,21,24)/t17-/m0/s1. The van der Waals surface area contributed by atoms with Crippen LogP contribution in [-0.2, 0) is 22.6 Å². The molecule has 1 heterocycles. The molecule has 2 N–H and O–H groups in total. The van der Waals surface area contributed by atoms with Gasteiger partial charge in [-0.25, -0.2) is 9.78 Å². The van der Waals surface area contributed by atoms with Gasteiger partial charge in [0.25, 0.3) is 0 Å². The van der Waals surface area contributed by atoms with Crippen molar-refractivity contribution in [3.63, 3.8) is 0 Å². The summed E-state index contributed by atoms with van der Waals surface area (Å²) in [5.74, 6) is 0.613. The molecule has 24 heavy (non-hydrogen) atoms. The second-order valence-electron chi connectivity index (χ2n) is 6.05. The number of imidazole rings is 1. The van der Waals surface area contributed by atoms with E-state index in [9.17, 15) is 4.79 Å². The van der Waals surface area contributed by atoms with Crippen molar-refractivity contribution in [3.8, 4) is 0 Å². The van der Waals surface area contributed by atoms with Crippen LogP contribution in [0.4, 0.5) is 0 Å². The van der Waals surface area contributed by atoms with Crippen LogP contribution in [0.3, 0.4) is 0 Å². The van der Waals surface area contributed by atoms with Gasteiger partial charge in [0.1, 0.15) is 18.5 Å². The number of aromatic nitrogens is 2. The molecule has 0 fully saturated rings. The topological polar surface area (TPSA) is 67.0 Å². The number of benzene rings is 1. The molecule has 1 aromatic carbocycles. The molecule has 1 aromatic heterocycles. The number of carbonyl (C=O) groups excluding carboxylic acids is 1. The Kier molecular flexibility index (Phi) is 6.49. The Balaban J connectivity index is 1.90. The average Bonchev–Trinajstić information content (AvgIpc) is 2.96. The molecular weight excluding hydrogens is 322 g/mol. The third-order valence-electron chi connectivity index (χ3n) is 3.57. The highest BCUT2D eigenvalue weighted by molar-refractivity contribution is 7.80. The van der Waals surface area contributed by atoms with Gasteiger partial charge in [0.05, 0.1) is 4.99 Å². The first-order valence-electron chi connectivity index (χ1n) is 7.96. The number of nitrogens with zero attached hydrogens (tertiary/aromatic N) is 1. The third kappa shape index (κ3) is 5.45. The Morgan fingerprint density at radius 3 is 2.62 bits per heavy atom.